The number of benzene rings is 2. The van der Waals surface area contributed by atoms with Crippen molar-refractivity contribution in [2.45, 2.75) is 20.8 Å². The van der Waals surface area contributed by atoms with Crippen LogP contribution >= 0.6 is 24.0 Å². The summed E-state index contributed by atoms with van der Waals surface area (Å²) in [4.78, 5) is 30.8. The first kappa shape index (κ1) is 23.1. The van der Waals surface area contributed by atoms with Crippen molar-refractivity contribution < 1.29 is 4.79 Å². The molecule has 8 heteroatoms. The van der Waals surface area contributed by atoms with Gasteiger partial charge in [0, 0.05) is 25.8 Å². The summed E-state index contributed by atoms with van der Waals surface area (Å²) in [6, 6.07) is 17.5. The largest absolute Gasteiger partial charge is 0.372 e. The highest BCUT2D eigenvalue weighted by Gasteiger charge is 2.37. The third-order valence-electron chi connectivity index (χ3n) is 5.86. The van der Waals surface area contributed by atoms with Gasteiger partial charge in [-0.25, -0.2) is 4.68 Å². The van der Waals surface area contributed by atoms with Crippen LogP contribution < -0.4 is 15.4 Å². The van der Waals surface area contributed by atoms with Crippen molar-refractivity contribution >= 4 is 51.7 Å². The Hall–Kier alpha value is -3.10. The van der Waals surface area contributed by atoms with Gasteiger partial charge in [0.1, 0.15) is 5.69 Å². The molecule has 0 saturated carbocycles. The summed E-state index contributed by atoms with van der Waals surface area (Å²) < 4.78 is 3.66. The molecule has 2 heterocycles. The molecule has 1 amide bonds. The Morgan fingerprint density at radius 2 is 1.64 bits per heavy atom. The summed E-state index contributed by atoms with van der Waals surface area (Å²) >= 11 is 6.75. The van der Waals surface area contributed by atoms with Crippen LogP contribution in [-0.2, 0) is 11.8 Å². The first-order valence-electron chi connectivity index (χ1n) is 10.8. The van der Waals surface area contributed by atoms with E-state index >= 15 is 0 Å². The van der Waals surface area contributed by atoms with Crippen molar-refractivity contribution in [3.05, 3.63) is 81.1 Å². The molecule has 4 rings (SSSR count). The van der Waals surface area contributed by atoms with Gasteiger partial charge in [0.25, 0.3) is 11.5 Å². The van der Waals surface area contributed by atoms with Crippen LogP contribution in [0.4, 0.5) is 11.4 Å². The number of carbonyl (C=O) groups excluding carboxylic acids is 1. The number of para-hydroxylation sites is 1. The molecule has 1 aliphatic heterocycles. The molecule has 0 unspecified atom stereocenters. The number of amides is 1. The molecule has 1 saturated heterocycles. The molecule has 0 bridgehead atoms. The average Bonchev–Trinajstić information content (AvgIpc) is 3.21. The van der Waals surface area contributed by atoms with Crippen LogP contribution in [0.3, 0.4) is 0 Å². The topological polar surface area (TPSA) is 50.5 Å². The number of thioether (sulfide) groups is 1. The minimum atomic E-state index is -0.276. The Morgan fingerprint density at radius 3 is 2.24 bits per heavy atom. The van der Waals surface area contributed by atoms with Gasteiger partial charge in [0.15, 0.2) is 4.32 Å². The van der Waals surface area contributed by atoms with Gasteiger partial charge in [-0.05, 0) is 56.7 Å². The van der Waals surface area contributed by atoms with Crippen LogP contribution in [0, 0.1) is 6.92 Å². The van der Waals surface area contributed by atoms with E-state index in [2.05, 4.69) is 30.9 Å². The first-order valence-corrected chi connectivity index (χ1v) is 12.1. The molecule has 0 aliphatic carbocycles. The second-order valence-corrected chi connectivity index (χ2v) is 9.37. The van der Waals surface area contributed by atoms with Crippen LogP contribution in [-0.4, -0.2) is 32.7 Å². The number of anilines is 2. The summed E-state index contributed by atoms with van der Waals surface area (Å²) in [5.74, 6) is -0.274. The van der Waals surface area contributed by atoms with E-state index in [1.807, 2.05) is 55.5 Å². The molecular formula is C25H26N4O2S2. The number of aromatic nitrogens is 2. The second kappa shape index (κ2) is 9.41. The zero-order valence-electron chi connectivity index (χ0n) is 19.1. The zero-order valence-corrected chi connectivity index (χ0v) is 20.7. The quantitative estimate of drug-likeness (QED) is 0.379. The standard InChI is InChI=1S/C25H26N4O2S2/c1-5-27(6-2)19-14-12-18(13-15-19)16-21-23(30)28(25(32)33-21)22-17(3)26(4)29(24(22)31)20-10-8-7-9-11-20/h7-16H,5-6H2,1-4H3/b21-16-. The van der Waals surface area contributed by atoms with E-state index in [1.54, 1.807) is 16.4 Å². The third kappa shape index (κ3) is 4.16. The molecule has 33 heavy (non-hydrogen) atoms. The number of thiocarbonyl (C=S) groups is 1. The number of hydrogen-bond acceptors (Lipinski definition) is 5. The Morgan fingerprint density at radius 1 is 1.00 bits per heavy atom. The molecule has 0 N–H and O–H groups in total. The highest BCUT2D eigenvalue weighted by atomic mass is 32.2. The van der Waals surface area contributed by atoms with Crippen molar-refractivity contribution in [3.8, 4) is 5.69 Å². The molecule has 6 nitrogen and oxygen atoms in total. The van der Waals surface area contributed by atoms with Gasteiger partial charge in [-0.1, -0.05) is 54.3 Å². The molecule has 170 valence electrons. The molecule has 1 aromatic heterocycles. The third-order valence-corrected chi connectivity index (χ3v) is 7.16. The highest BCUT2D eigenvalue weighted by Crippen LogP contribution is 2.36. The minimum Gasteiger partial charge on any atom is -0.372 e. The van der Waals surface area contributed by atoms with Gasteiger partial charge in [-0.15, -0.1) is 0 Å². The molecular weight excluding hydrogens is 452 g/mol. The Kier molecular flexibility index (Phi) is 6.58. The van der Waals surface area contributed by atoms with Gasteiger partial charge in [-0.2, -0.15) is 0 Å². The lowest BCUT2D eigenvalue weighted by Gasteiger charge is -2.20. The summed E-state index contributed by atoms with van der Waals surface area (Å²) in [5, 5.41) is 0. The number of hydrogen-bond donors (Lipinski definition) is 0. The van der Waals surface area contributed by atoms with Crippen LogP contribution in [0.1, 0.15) is 25.1 Å². The lowest BCUT2D eigenvalue weighted by atomic mass is 10.1. The molecule has 2 aromatic carbocycles. The van der Waals surface area contributed by atoms with Crippen LogP contribution in [0.25, 0.3) is 11.8 Å². The molecule has 1 fully saturated rings. The van der Waals surface area contributed by atoms with Gasteiger partial charge in [-0.3, -0.25) is 19.2 Å². The van der Waals surface area contributed by atoms with Crippen LogP contribution in [0.5, 0.6) is 0 Å². The van der Waals surface area contributed by atoms with Crippen LogP contribution in [0.15, 0.2) is 64.3 Å². The van der Waals surface area contributed by atoms with E-state index in [1.165, 1.54) is 16.7 Å². The fourth-order valence-electron chi connectivity index (χ4n) is 3.99. The predicted molar refractivity (Wildman–Crippen MR) is 141 cm³/mol. The predicted octanol–water partition coefficient (Wildman–Crippen LogP) is 4.74. The van der Waals surface area contributed by atoms with Gasteiger partial charge < -0.3 is 4.90 Å². The van der Waals surface area contributed by atoms with E-state index in [9.17, 15) is 9.59 Å². The summed E-state index contributed by atoms with van der Waals surface area (Å²) in [6.45, 7) is 7.95. The maximum absolute atomic E-state index is 13.4. The van der Waals surface area contributed by atoms with E-state index < -0.39 is 0 Å². The zero-order chi connectivity index (χ0) is 23.7. The number of nitrogens with zero attached hydrogens (tertiary/aromatic N) is 4. The van der Waals surface area contributed by atoms with E-state index in [0.29, 0.717) is 20.6 Å². The summed E-state index contributed by atoms with van der Waals surface area (Å²) in [7, 11) is 1.80. The van der Waals surface area contributed by atoms with E-state index in [-0.39, 0.29) is 11.5 Å². The van der Waals surface area contributed by atoms with Crippen molar-refractivity contribution in [1.29, 1.82) is 0 Å². The van der Waals surface area contributed by atoms with E-state index in [0.717, 1.165) is 30.0 Å². The summed E-state index contributed by atoms with van der Waals surface area (Å²) in [5.41, 5.74) is 3.48. The highest BCUT2D eigenvalue weighted by molar-refractivity contribution is 8.27. The van der Waals surface area contributed by atoms with Gasteiger partial charge >= 0.3 is 0 Å². The maximum Gasteiger partial charge on any atom is 0.296 e. The average molecular weight is 479 g/mol. The Balaban J connectivity index is 1.68. The molecule has 1 aliphatic rings. The first-order chi connectivity index (χ1) is 15.9. The second-order valence-electron chi connectivity index (χ2n) is 7.69. The molecule has 0 atom stereocenters. The van der Waals surface area contributed by atoms with E-state index in [4.69, 9.17) is 12.2 Å². The normalized spacial score (nSPS) is 15.0. The fraction of sp³-hybridized carbons (Fsp3) is 0.240. The van der Waals surface area contributed by atoms with Gasteiger partial charge in [0.05, 0.1) is 16.3 Å². The molecule has 0 radical (unpaired) electrons. The van der Waals surface area contributed by atoms with Crippen molar-refractivity contribution in [1.82, 2.24) is 9.36 Å². The van der Waals surface area contributed by atoms with Crippen molar-refractivity contribution in [3.63, 3.8) is 0 Å². The SMILES string of the molecule is CCN(CC)c1ccc(/C=C2\SC(=S)N(c3c(C)n(C)n(-c4ccccc4)c3=O)C2=O)cc1. The smallest absolute Gasteiger partial charge is 0.296 e. The van der Waals surface area contributed by atoms with Crippen LogP contribution in [0.2, 0.25) is 0 Å². The minimum absolute atomic E-state index is 0.274. The molecule has 0 spiro atoms. The Bertz CT molecular complexity index is 1290. The monoisotopic (exact) mass is 478 g/mol. The number of rotatable bonds is 6. The van der Waals surface area contributed by atoms with Crippen molar-refractivity contribution in [2.24, 2.45) is 7.05 Å². The van der Waals surface area contributed by atoms with Crippen molar-refractivity contribution in [2.75, 3.05) is 22.9 Å². The molecule has 3 aromatic rings. The lowest BCUT2D eigenvalue weighted by Crippen LogP contribution is -2.33. The Labute approximate surface area is 203 Å². The maximum atomic E-state index is 13.4. The fourth-order valence-corrected chi connectivity index (χ4v) is 5.26. The summed E-state index contributed by atoms with van der Waals surface area (Å²) in [6.07, 6.45) is 1.83. The lowest BCUT2D eigenvalue weighted by molar-refractivity contribution is -0.113. The van der Waals surface area contributed by atoms with Gasteiger partial charge in [0.2, 0.25) is 0 Å². The number of carbonyl (C=O) groups is 1.